The number of nitrogens with zero attached hydrogens (tertiary/aromatic N) is 1. The molecule has 6 heteroatoms. The summed E-state index contributed by atoms with van der Waals surface area (Å²) in [5, 5.41) is 7.83. The Morgan fingerprint density at radius 3 is 2.38 bits per heavy atom. The molecule has 0 fully saturated rings. The Bertz CT molecular complexity index is 796. The van der Waals surface area contributed by atoms with Gasteiger partial charge in [0, 0.05) is 19.1 Å². The Labute approximate surface area is 154 Å². The van der Waals surface area contributed by atoms with Gasteiger partial charge in [0.25, 0.3) is 0 Å². The van der Waals surface area contributed by atoms with E-state index in [1.165, 1.54) is 4.90 Å². The minimum absolute atomic E-state index is 0.0145. The third kappa shape index (κ3) is 5.65. The summed E-state index contributed by atoms with van der Waals surface area (Å²) in [6.45, 7) is 6.12. The summed E-state index contributed by atoms with van der Waals surface area (Å²) in [5.74, 6) is 0.628. The number of hydrogen-bond donors (Lipinski definition) is 2. The first-order chi connectivity index (χ1) is 12.2. The summed E-state index contributed by atoms with van der Waals surface area (Å²) in [6, 6.07) is 11.6. The molecule has 0 saturated carbocycles. The highest BCUT2D eigenvalue weighted by atomic mass is 16.5. The van der Waals surface area contributed by atoms with Gasteiger partial charge in [-0.15, -0.1) is 0 Å². The molecule has 0 radical (unpaired) electrons. The monoisotopic (exact) mass is 357 g/mol. The molecule has 0 aliphatic heterocycles. The zero-order valence-corrected chi connectivity index (χ0v) is 16.1. The standard InChI is InChI=1S/C20H27N3O3/c1-20(2,3)22-18(24)13-23(4)19(25)21-12-14-6-7-16-11-17(26-5)9-8-15(16)10-14/h6-11H,12-13H2,1-5H3,(H,21,25)(H,22,24). The average Bonchev–Trinajstić information content (AvgIpc) is 2.57. The van der Waals surface area contributed by atoms with Crippen LogP contribution in [0.3, 0.4) is 0 Å². The van der Waals surface area contributed by atoms with Crippen molar-refractivity contribution in [1.29, 1.82) is 0 Å². The van der Waals surface area contributed by atoms with Crippen LogP contribution in [0.5, 0.6) is 5.75 Å². The molecule has 0 unspecified atom stereocenters. The van der Waals surface area contributed by atoms with Crippen LogP contribution in [0, 0.1) is 0 Å². The smallest absolute Gasteiger partial charge is 0.317 e. The third-order valence-corrected chi connectivity index (χ3v) is 3.80. The van der Waals surface area contributed by atoms with Gasteiger partial charge in [-0.25, -0.2) is 4.79 Å². The lowest BCUT2D eigenvalue weighted by atomic mass is 10.1. The lowest BCUT2D eigenvalue weighted by Crippen LogP contribution is -2.48. The third-order valence-electron chi connectivity index (χ3n) is 3.80. The van der Waals surface area contributed by atoms with Gasteiger partial charge in [0.15, 0.2) is 0 Å². The van der Waals surface area contributed by atoms with Crippen molar-refractivity contribution in [2.45, 2.75) is 32.9 Å². The number of urea groups is 1. The van der Waals surface area contributed by atoms with E-state index in [2.05, 4.69) is 10.6 Å². The quantitative estimate of drug-likeness (QED) is 0.864. The van der Waals surface area contributed by atoms with Gasteiger partial charge in [-0.1, -0.05) is 18.2 Å². The number of fused-ring (bicyclic) bond motifs is 1. The molecular weight excluding hydrogens is 330 g/mol. The largest absolute Gasteiger partial charge is 0.497 e. The van der Waals surface area contributed by atoms with Gasteiger partial charge in [0.2, 0.25) is 5.91 Å². The van der Waals surface area contributed by atoms with E-state index in [-0.39, 0.29) is 24.0 Å². The number of methoxy groups -OCH3 is 1. The number of nitrogens with one attached hydrogen (secondary N) is 2. The first kappa shape index (κ1) is 19.6. The lowest BCUT2D eigenvalue weighted by molar-refractivity contribution is -0.122. The van der Waals surface area contributed by atoms with Crippen LogP contribution in [-0.4, -0.2) is 43.1 Å². The maximum Gasteiger partial charge on any atom is 0.317 e. The van der Waals surface area contributed by atoms with Crippen LogP contribution in [0.1, 0.15) is 26.3 Å². The van der Waals surface area contributed by atoms with Crippen LogP contribution in [-0.2, 0) is 11.3 Å². The molecule has 0 bridgehead atoms. The van der Waals surface area contributed by atoms with E-state index in [0.29, 0.717) is 6.54 Å². The van der Waals surface area contributed by atoms with Gasteiger partial charge in [-0.05, 0) is 55.3 Å². The van der Waals surface area contributed by atoms with Crippen molar-refractivity contribution in [3.63, 3.8) is 0 Å². The van der Waals surface area contributed by atoms with Crippen LogP contribution in [0.15, 0.2) is 36.4 Å². The molecule has 2 aromatic carbocycles. The Morgan fingerprint density at radius 2 is 1.73 bits per heavy atom. The van der Waals surface area contributed by atoms with E-state index in [1.54, 1.807) is 14.2 Å². The van der Waals surface area contributed by atoms with E-state index in [4.69, 9.17) is 4.74 Å². The normalized spacial score (nSPS) is 11.1. The van der Waals surface area contributed by atoms with Crippen molar-refractivity contribution in [2.75, 3.05) is 20.7 Å². The predicted octanol–water partition coefficient (Wildman–Crippen LogP) is 2.90. The minimum atomic E-state index is -0.317. The molecule has 0 heterocycles. The van der Waals surface area contributed by atoms with Crippen LogP contribution >= 0.6 is 0 Å². The number of likely N-dealkylation sites (N-methyl/N-ethyl adjacent to an activating group) is 1. The Hall–Kier alpha value is -2.76. The molecule has 0 spiro atoms. The number of carbonyl (C=O) groups is 2. The fourth-order valence-corrected chi connectivity index (χ4v) is 2.57. The van der Waals surface area contributed by atoms with Gasteiger partial charge >= 0.3 is 6.03 Å². The van der Waals surface area contributed by atoms with Gasteiger partial charge in [0.1, 0.15) is 12.3 Å². The topological polar surface area (TPSA) is 70.7 Å². The van der Waals surface area contributed by atoms with Crippen molar-refractivity contribution >= 4 is 22.7 Å². The van der Waals surface area contributed by atoms with E-state index >= 15 is 0 Å². The second kappa shape index (κ2) is 8.08. The van der Waals surface area contributed by atoms with Gasteiger partial charge in [-0.2, -0.15) is 0 Å². The van der Waals surface area contributed by atoms with E-state index in [1.807, 2.05) is 57.2 Å². The van der Waals surface area contributed by atoms with Gasteiger partial charge < -0.3 is 20.3 Å². The van der Waals surface area contributed by atoms with Crippen molar-refractivity contribution in [3.05, 3.63) is 42.0 Å². The summed E-state index contributed by atoms with van der Waals surface area (Å²) in [7, 11) is 3.24. The molecular formula is C20H27N3O3. The first-order valence-corrected chi connectivity index (χ1v) is 8.54. The highest BCUT2D eigenvalue weighted by Crippen LogP contribution is 2.21. The van der Waals surface area contributed by atoms with Crippen molar-refractivity contribution in [1.82, 2.24) is 15.5 Å². The number of benzene rings is 2. The first-order valence-electron chi connectivity index (χ1n) is 8.54. The number of ether oxygens (including phenoxy) is 1. The fraction of sp³-hybridized carbons (Fsp3) is 0.400. The molecule has 2 N–H and O–H groups in total. The average molecular weight is 357 g/mol. The molecule has 0 saturated heterocycles. The van der Waals surface area contributed by atoms with Gasteiger partial charge in [-0.3, -0.25) is 4.79 Å². The molecule has 26 heavy (non-hydrogen) atoms. The maximum absolute atomic E-state index is 12.2. The van der Waals surface area contributed by atoms with Gasteiger partial charge in [0.05, 0.1) is 7.11 Å². The molecule has 0 aliphatic rings. The zero-order chi connectivity index (χ0) is 19.3. The molecule has 2 rings (SSSR count). The molecule has 0 aromatic heterocycles. The van der Waals surface area contributed by atoms with Crippen LogP contribution in [0.2, 0.25) is 0 Å². The molecule has 3 amide bonds. The number of rotatable bonds is 5. The Morgan fingerprint density at radius 1 is 1.08 bits per heavy atom. The summed E-state index contributed by atoms with van der Waals surface area (Å²) in [6.07, 6.45) is 0. The maximum atomic E-state index is 12.2. The number of hydrogen-bond acceptors (Lipinski definition) is 3. The summed E-state index contributed by atoms with van der Waals surface area (Å²) in [4.78, 5) is 25.5. The van der Waals surface area contributed by atoms with Crippen LogP contribution < -0.4 is 15.4 Å². The molecule has 2 aromatic rings. The Balaban J connectivity index is 1.92. The SMILES string of the molecule is COc1ccc2cc(CNC(=O)N(C)CC(=O)NC(C)(C)C)ccc2c1. The molecule has 0 aliphatic carbocycles. The summed E-state index contributed by atoms with van der Waals surface area (Å²) < 4.78 is 5.22. The van der Waals surface area contributed by atoms with E-state index in [0.717, 1.165) is 22.1 Å². The van der Waals surface area contributed by atoms with Crippen molar-refractivity contribution in [3.8, 4) is 5.75 Å². The van der Waals surface area contributed by atoms with Crippen LogP contribution in [0.4, 0.5) is 4.79 Å². The number of carbonyl (C=O) groups excluding carboxylic acids is 2. The zero-order valence-electron chi connectivity index (χ0n) is 16.1. The van der Waals surface area contributed by atoms with E-state index in [9.17, 15) is 9.59 Å². The van der Waals surface area contributed by atoms with Crippen LogP contribution in [0.25, 0.3) is 10.8 Å². The minimum Gasteiger partial charge on any atom is -0.497 e. The Kier molecular flexibility index (Phi) is 6.08. The predicted molar refractivity (Wildman–Crippen MR) is 103 cm³/mol. The lowest BCUT2D eigenvalue weighted by Gasteiger charge is -2.23. The molecule has 0 atom stereocenters. The summed E-state index contributed by atoms with van der Waals surface area (Å²) >= 11 is 0. The highest BCUT2D eigenvalue weighted by Gasteiger charge is 2.17. The highest BCUT2D eigenvalue weighted by molar-refractivity contribution is 5.85. The second-order valence-corrected chi connectivity index (χ2v) is 7.36. The molecule has 6 nitrogen and oxygen atoms in total. The van der Waals surface area contributed by atoms with Crippen molar-refractivity contribution in [2.24, 2.45) is 0 Å². The van der Waals surface area contributed by atoms with E-state index < -0.39 is 0 Å². The molecule has 140 valence electrons. The number of amides is 3. The summed E-state index contributed by atoms with van der Waals surface area (Å²) in [5.41, 5.74) is 0.672. The fourth-order valence-electron chi connectivity index (χ4n) is 2.57. The second-order valence-electron chi connectivity index (χ2n) is 7.36. The van der Waals surface area contributed by atoms with Crippen molar-refractivity contribution < 1.29 is 14.3 Å².